The number of rotatable bonds is 6. The predicted octanol–water partition coefficient (Wildman–Crippen LogP) is 1.72. The summed E-state index contributed by atoms with van der Waals surface area (Å²) in [4.78, 5) is 15.9. The molecule has 0 aliphatic rings. The molecule has 2 N–H and O–H groups in total. The van der Waals surface area contributed by atoms with E-state index in [2.05, 4.69) is 4.98 Å². The zero-order chi connectivity index (χ0) is 14.4. The van der Waals surface area contributed by atoms with Crippen molar-refractivity contribution >= 4 is 11.7 Å². The van der Waals surface area contributed by atoms with Crippen LogP contribution < -0.4 is 10.5 Å². The van der Waals surface area contributed by atoms with Gasteiger partial charge in [-0.25, -0.2) is 9.78 Å². The van der Waals surface area contributed by atoms with Gasteiger partial charge in [-0.1, -0.05) is 0 Å². The summed E-state index contributed by atoms with van der Waals surface area (Å²) in [6, 6.07) is 4.88. The Morgan fingerprint density at radius 2 is 2.30 bits per heavy atom. The van der Waals surface area contributed by atoms with Gasteiger partial charge in [0.2, 0.25) is 0 Å². The Hall–Kier alpha value is -2.50. The van der Waals surface area contributed by atoms with Crippen LogP contribution in [0.15, 0.2) is 36.9 Å². The van der Waals surface area contributed by atoms with Crippen molar-refractivity contribution in [3.05, 3.63) is 42.5 Å². The van der Waals surface area contributed by atoms with Crippen LogP contribution in [0.25, 0.3) is 0 Å². The quantitative estimate of drug-likeness (QED) is 0.493. The number of aryl methyl sites for hydroxylation is 1. The summed E-state index contributed by atoms with van der Waals surface area (Å²) in [5, 5.41) is 0. The first-order valence-electron chi connectivity index (χ1n) is 6.27. The number of aromatic nitrogens is 2. The number of methoxy groups -OCH3 is 1. The van der Waals surface area contributed by atoms with E-state index in [1.54, 1.807) is 30.7 Å². The Balaban J connectivity index is 1.87. The zero-order valence-corrected chi connectivity index (χ0v) is 11.3. The molecule has 2 aromatic rings. The van der Waals surface area contributed by atoms with Crippen molar-refractivity contribution < 1.29 is 14.3 Å². The maximum atomic E-state index is 12.0. The second-order valence-electron chi connectivity index (χ2n) is 4.25. The number of carbonyl (C=O) groups excluding carboxylic acids is 1. The molecule has 6 heteroatoms. The Kier molecular flexibility index (Phi) is 4.60. The average Bonchev–Trinajstić information content (AvgIpc) is 2.96. The molecule has 1 aromatic heterocycles. The van der Waals surface area contributed by atoms with Crippen LogP contribution in [0.2, 0.25) is 0 Å². The van der Waals surface area contributed by atoms with E-state index in [0.717, 1.165) is 6.54 Å². The molecule has 0 aliphatic heterocycles. The first-order chi connectivity index (χ1) is 9.70. The van der Waals surface area contributed by atoms with Crippen molar-refractivity contribution in [2.75, 3.05) is 19.5 Å². The Morgan fingerprint density at radius 3 is 3.00 bits per heavy atom. The van der Waals surface area contributed by atoms with Crippen LogP contribution in [0.5, 0.6) is 5.75 Å². The van der Waals surface area contributed by atoms with Crippen LogP contribution in [0, 0.1) is 0 Å². The van der Waals surface area contributed by atoms with Gasteiger partial charge in [0.15, 0.2) is 0 Å². The summed E-state index contributed by atoms with van der Waals surface area (Å²) in [6.07, 6.45) is 6.02. The Bertz CT molecular complexity index is 567. The monoisotopic (exact) mass is 275 g/mol. The summed E-state index contributed by atoms with van der Waals surface area (Å²) in [6.45, 7) is 1.08. The first-order valence-corrected chi connectivity index (χ1v) is 6.27. The molecule has 6 nitrogen and oxygen atoms in total. The van der Waals surface area contributed by atoms with Crippen LogP contribution in [0.3, 0.4) is 0 Å². The number of anilines is 1. The van der Waals surface area contributed by atoms with Gasteiger partial charge in [0.25, 0.3) is 0 Å². The lowest BCUT2D eigenvalue weighted by atomic mass is 10.2. The highest BCUT2D eigenvalue weighted by Gasteiger charge is 2.13. The SMILES string of the molecule is COc1ccc(N)cc1C(=O)OCCCn1ccnc1. The topological polar surface area (TPSA) is 79.4 Å². The average molecular weight is 275 g/mol. The lowest BCUT2D eigenvalue weighted by Crippen LogP contribution is -2.10. The third-order valence-electron chi connectivity index (χ3n) is 2.80. The molecule has 20 heavy (non-hydrogen) atoms. The highest BCUT2D eigenvalue weighted by atomic mass is 16.5. The predicted molar refractivity (Wildman–Crippen MR) is 74.5 cm³/mol. The van der Waals surface area contributed by atoms with Crippen molar-refractivity contribution in [3.63, 3.8) is 0 Å². The molecular weight excluding hydrogens is 258 g/mol. The van der Waals surface area contributed by atoms with Gasteiger partial charge < -0.3 is 19.8 Å². The maximum absolute atomic E-state index is 12.0. The third-order valence-corrected chi connectivity index (χ3v) is 2.80. The fourth-order valence-corrected chi connectivity index (χ4v) is 1.79. The van der Waals surface area contributed by atoms with E-state index in [9.17, 15) is 4.79 Å². The molecule has 0 aliphatic carbocycles. The number of carbonyl (C=O) groups is 1. The molecule has 0 bridgehead atoms. The molecule has 1 aromatic carbocycles. The molecule has 1 heterocycles. The standard InChI is InChI=1S/C14H17N3O3/c1-19-13-4-3-11(15)9-12(13)14(18)20-8-2-6-17-7-5-16-10-17/h3-5,7,9-10H,2,6,8,15H2,1H3. The number of imidazole rings is 1. The minimum absolute atomic E-state index is 0.328. The second kappa shape index (κ2) is 6.60. The molecule has 0 fully saturated rings. The van der Waals surface area contributed by atoms with Crippen molar-refractivity contribution in [3.8, 4) is 5.75 Å². The summed E-state index contributed by atoms with van der Waals surface area (Å²) >= 11 is 0. The van der Waals surface area contributed by atoms with E-state index in [1.165, 1.54) is 7.11 Å². The highest BCUT2D eigenvalue weighted by molar-refractivity contribution is 5.93. The molecule has 0 saturated carbocycles. The van der Waals surface area contributed by atoms with Crippen molar-refractivity contribution in [1.29, 1.82) is 0 Å². The van der Waals surface area contributed by atoms with Gasteiger partial charge in [-0.3, -0.25) is 0 Å². The molecular formula is C14H17N3O3. The molecule has 0 radical (unpaired) electrons. The molecule has 0 amide bonds. The number of esters is 1. The van der Waals surface area contributed by atoms with Crippen LogP contribution in [0.1, 0.15) is 16.8 Å². The van der Waals surface area contributed by atoms with E-state index >= 15 is 0 Å². The number of ether oxygens (including phenoxy) is 2. The fourth-order valence-electron chi connectivity index (χ4n) is 1.79. The van der Waals surface area contributed by atoms with E-state index in [0.29, 0.717) is 30.0 Å². The summed E-state index contributed by atoms with van der Waals surface area (Å²) in [5.74, 6) is 0.0265. The highest BCUT2D eigenvalue weighted by Crippen LogP contribution is 2.21. The number of nitrogen functional groups attached to an aromatic ring is 1. The largest absolute Gasteiger partial charge is 0.496 e. The van der Waals surface area contributed by atoms with E-state index in [1.807, 2.05) is 10.8 Å². The van der Waals surface area contributed by atoms with Gasteiger partial charge in [0.05, 0.1) is 20.0 Å². The maximum Gasteiger partial charge on any atom is 0.341 e. The first kappa shape index (κ1) is 13.9. The fraction of sp³-hybridized carbons (Fsp3) is 0.286. The van der Waals surface area contributed by atoms with Crippen LogP contribution in [-0.2, 0) is 11.3 Å². The summed E-state index contributed by atoms with van der Waals surface area (Å²) < 4.78 is 12.3. The van der Waals surface area contributed by atoms with Crippen LogP contribution >= 0.6 is 0 Å². The minimum atomic E-state index is -0.431. The lowest BCUT2D eigenvalue weighted by molar-refractivity contribution is 0.0492. The summed E-state index contributed by atoms with van der Waals surface area (Å²) in [5.41, 5.74) is 6.50. The molecule has 2 rings (SSSR count). The van der Waals surface area contributed by atoms with Gasteiger partial charge in [0, 0.05) is 24.6 Å². The molecule has 0 unspecified atom stereocenters. The zero-order valence-electron chi connectivity index (χ0n) is 11.3. The number of hydrogen-bond donors (Lipinski definition) is 1. The number of nitrogens with two attached hydrogens (primary N) is 1. The van der Waals surface area contributed by atoms with E-state index in [-0.39, 0.29) is 0 Å². The smallest absolute Gasteiger partial charge is 0.341 e. The Morgan fingerprint density at radius 1 is 1.45 bits per heavy atom. The van der Waals surface area contributed by atoms with Crippen LogP contribution in [-0.4, -0.2) is 29.2 Å². The number of benzene rings is 1. The minimum Gasteiger partial charge on any atom is -0.496 e. The number of nitrogens with zero attached hydrogens (tertiary/aromatic N) is 2. The second-order valence-corrected chi connectivity index (χ2v) is 4.25. The van der Waals surface area contributed by atoms with Crippen LogP contribution in [0.4, 0.5) is 5.69 Å². The van der Waals surface area contributed by atoms with Gasteiger partial charge in [-0.15, -0.1) is 0 Å². The molecule has 0 spiro atoms. The lowest BCUT2D eigenvalue weighted by Gasteiger charge is -2.09. The van der Waals surface area contributed by atoms with E-state index < -0.39 is 5.97 Å². The molecule has 0 atom stereocenters. The van der Waals surface area contributed by atoms with Crippen molar-refractivity contribution in [1.82, 2.24) is 9.55 Å². The normalized spacial score (nSPS) is 10.2. The van der Waals surface area contributed by atoms with Gasteiger partial charge in [-0.2, -0.15) is 0 Å². The van der Waals surface area contributed by atoms with Gasteiger partial charge >= 0.3 is 5.97 Å². The van der Waals surface area contributed by atoms with Crippen molar-refractivity contribution in [2.24, 2.45) is 0 Å². The third kappa shape index (κ3) is 3.50. The van der Waals surface area contributed by atoms with Gasteiger partial charge in [-0.05, 0) is 24.6 Å². The number of hydrogen-bond acceptors (Lipinski definition) is 5. The van der Waals surface area contributed by atoms with Crippen molar-refractivity contribution in [2.45, 2.75) is 13.0 Å². The summed E-state index contributed by atoms with van der Waals surface area (Å²) in [7, 11) is 1.50. The van der Waals surface area contributed by atoms with Gasteiger partial charge in [0.1, 0.15) is 11.3 Å². The molecule has 106 valence electrons. The van der Waals surface area contributed by atoms with E-state index in [4.69, 9.17) is 15.2 Å². The Labute approximate surface area is 117 Å². The molecule has 0 saturated heterocycles.